The van der Waals surface area contributed by atoms with Crippen LogP contribution in [0.3, 0.4) is 0 Å². The predicted octanol–water partition coefficient (Wildman–Crippen LogP) is 1.26. The van der Waals surface area contributed by atoms with Crippen LogP contribution in [0.15, 0.2) is 0 Å². The highest BCUT2D eigenvalue weighted by molar-refractivity contribution is 7.17. The maximum atomic E-state index is 12.3. The van der Waals surface area contributed by atoms with E-state index in [1.54, 1.807) is 18.4 Å². The first-order valence-corrected chi connectivity index (χ1v) is 8.97. The average Bonchev–Trinajstić information content (AvgIpc) is 2.92. The van der Waals surface area contributed by atoms with Crippen molar-refractivity contribution in [2.24, 2.45) is 0 Å². The number of carbonyl (C=O) groups is 2. The first-order chi connectivity index (χ1) is 11.2. The van der Waals surface area contributed by atoms with Gasteiger partial charge in [0.2, 0.25) is 5.91 Å². The molecule has 6 nitrogen and oxygen atoms in total. The van der Waals surface area contributed by atoms with Crippen LogP contribution in [-0.4, -0.2) is 56.6 Å². The zero-order valence-corrected chi connectivity index (χ0v) is 14.3. The number of amides is 2. The molecule has 1 fully saturated rings. The Balaban J connectivity index is 1.74. The highest BCUT2D eigenvalue weighted by Gasteiger charge is 2.26. The van der Waals surface area contributed by atoms with Crippen LogP contribution in [0.25, 0.3) is 0 Å². The highest BCUT2D eigenvalue weighted by Crippen LogP contribution is 2.38. The van der Waals surface area contributed by atoms with Crippen molar-refractivity contribution < 1.29 is 14.3 Å². The molecule has 1 aliphatic carbocycles. The lowest BCUT2D eigenvalue weighted by Crippen LogP contribution is -2.41. The third kappa shape index (κ3) is 3.73. The van der Waals surface area contributed by atoms with Crippen molar-refractivity contribution in [3.8, 4) is 0 Å². The number of thiophene rings is 1. The van der Waals surface area contributed by atoms with Crippen LogP contribution in [0.2, 0.25) is 0 Å². The van der Waals surface area contributed by atoms with Gasteiger partial charge in [0.05, 0.1) is 25.3 Å². The number of hydrogen-bond acceptors (Lipinski definition) is 5. The van der Waals surface area contributed by atoms with Gasteiger partial charge in [-0.3, -0.25) is 14.5 Å². The van der Waals surface area contributed by atoms with Gasteiger partial charge in [0.25, 0.3) is 5.91 Å². The van der Waals surface area contributed by atoms with Crippen LogP contribution >= 0.6 is 11.3 Å². The number of anilines is 1. The molecule has 126 valence electrons. The molecule has 2 heterocycles. The van der Waals surface area contributed by atoms with Gasteiger partial charge in [-0.05, 0) is 31.2 Å². The lowest BCUT2D eigenvalue weighted by molar-refractivity contribution is -0.118. The van der Waals surface area contributed by atoms with Crippen molar-refractivity contribution in [3.63, 3.8) is 0 Å². The van der Waals surface area contributed by atoms with Crippen LogP contribution < -0.4 is 10.6 Å². The van der Waals surface area contributed by atoms with E-state index in [2.05, 4.69) is 15.5 Å². The van der Waals surface area contributed by atoms with Crippen LogP contribution in [0.4, 0.5) is 5.00 Å². The summed E-state index contributed by atoms with van der Waals surface area (Å²) in [6.07, 6.45) is 4.19. The fourth-order valence-electron chi connectivity index (χ4n) is 3.15. The lowest BCUT2D eigenvalue weighted by Gasteiger charge is -2.25. The molecule has 0 atom stereocenters. The lowest BCUT2D eigenvalue weighted by atomic mass is 9.95. The maximum absolute atomic E-state index is 12.3. The smallest absolute Gasteiger partial charge is 0.254 e. The molecular weight excluding hydrogens is 314 g/mol. The van der Waals surface area contributed by atoms with Gasteiger partial charge in [0.1, 0.15) is 5.00 Å². The molecule has 1 aliphatic heterocycles. The second kappa shape index (κ2) is 7.42. The zero-order chi connectivity index (χ0) is 16.2. The third-order valence-electron chi connectivity index (χ3n) is 4.35. The molecule has 3 rings (SSSR count). The number of ether oxygens (including phenoxy) is 1. The number of morpholine rings is 1. The van der Waals surface area contributed by atoms with Crippen LogP contribution in [0.1, 0.15) is 33.6 Å². The van der Waals surface area contributed by atoms with Gasteiger partial charge in [-0.1, -0.05) is 0 Å². The largest absolute Gasteiger partial charge is 0.379 e. The SMILES string of the molecule is CNC(=O)c1c(NC(=O)CN2CCOCC2)sc2c1CCCC2. The van der Waals surface area contributed by atoms with Gasteiger partial charge >= 0.3 is 0 Å². The van der Waals surface area contributed by atoms with Crippen molar-refractivity contribution in [1.82, 2.24) is 10.2 Å². The Morgan fingerprint density at radius 1 is 1.22 bits per heavy atom. The van der Waals surface area contributed by atoms with E-state index in [9.17, 15) is 9.59 Å². The van der Waals surface area contributed by atoms with E-state index in [0.717, 1.165) is 44.3 Å². The topological polar surface area (TPSA) is 70.7 Å². The van der Waals surface area contributed by atoms with Crippen molar-refractivity contribution in [1.29, 1.82) is 0 Å². The van der Waals surface area contributed by atoms with Gasteiger partial charge in [0, 0.05) is 25.0 Å². The predicted molar refractivity (Wildman–Crippen MR) is 90.2 cm³/mol. The van der Waals surface area contributed by atoms with Crippen molar-refractivity contribution in [3.05, 3.63) is 16.0 Å². The fraction of sp³-hybridized carbons (Fsp3) is 0.625. The molecule has 2 amide bonds. The molecule has 0 radical (unpaired) electrons. The number of rotatable bonds is 4. The quantitative estimate of drug-likeness (QED) is 0.868. The molecule has 0 bridgehead atoms. The summed E-state index contributed by atoms with van der Waals surface area (Å²) in [7, 11) is 1.63. The summed E-state index contributed by atoms with van der Waals surface area (Å²) in [6, 6.07) is 0. The molecule has 0 unspecified atom stereocenters. The summed E-state index contributed by atoms with van der Waals surface area (Å²) < 4.78 is 5.30. The van der Waals surface area contributed by atoms with Crippen molar-refractivity contribution >= 4 is 28.2 Å². The fourth-order valence-corrected chi connectivity index (χ4v) is 4.45. The van der Waals surface area contributed by atoms with E-state index in [0.29, 0.717) is 30.3 Å². The minimum Gasteiger partial charge on any atom is -0.379 e. The number of hydrogen-bond donors (Lipinski definition) is 2. The molecule has 0 aromatic carbocycles. The highest BCUT2D eigenvalue weighted by atomic mass is 32.1. The average molecular weight is 337 g/mol. The van der Waals surface area contributed by atoms with Crippen molar-refractivity contribution in [2.75, 3.05) is 45.2 Å². The van der Waals surface area contributed by atoms with Crippen LogP contribution in [-0.2, 0) is 22.4 Å². The van der Waals surface area contributed by atoms with Crippen molar-refractivity contribution in [2.45, 2.75) is 25.7 Å². The first kappa shape index (κ1) is 16.4. The zero-order valence-electron chi connectivity index (χ0n) is 13.4. The van der Waals surface area contributed by atoms with E-state index < -0.39 is 0 Å². The Morgan fingerprint density at radius 2 is 1.96 bits per heavy atom. The molecule has 1 aromatic heterocycles. The Kier molecular flexibility index (Phi) is 5.30. The maximum Gasteiger partial charge on any atom is 0.254 e. The number of fused-ring (bicyclic) bond motifs is 1. The minimum atomic E-state index is -0.105. The molecule has 1 saturated heterocycles. The molecule has 0 saturated carbocycles. The normalized spacial score (nSPS) is 18.3. The van der Waals surface area contributed by atoms with Crippen LogP contribution in [0, 0.1) is 0 Å². The summed E-state index contributed by atoms with van der Waals surface area (Å²) >= 11 is 1.56. The van der Waals surface area contributed by atoms with Gasteiger partial charge in [-0.2, -0.15) is 0 Å². The second-order valence-electron chi connectivity index (χ2n) is 5.93. The minimum absolute atomic E-state index is 0.0596. The number of carbonyl (C=O) groups excluding carboxylic acids is 2. The molecular formula is C16H23N3O3S. The molecule has 1 aromatic rings. The van der Waals surface area contributed by atoms with Gasteiger partial charge < -0.3 is 15.4 Å². The molecule has 23 heavy (non-hydrogen) atoms. The number of aryl methyl sites for hydroxylation is 1. The van der Waals surface area contributed by atoms with Gasteiger partial charge in [-0.25, -0.2) is 0 Å². The first-order valence-electron chi connectivity index (χ1n) is 8.15. The summed E-state index contributed by atoms with van der Waals surface area (Å²) in [5.41, 5.74) is 1.80. The van der Waals surface area contributed by atoms with E-state index >= 15 is 0 Å². The summed E-state index contributed by atoms with van der Waals surface area (Å²) in [5, 5.41) is 6.37. The standard InChI is InChI=1S/C16H23N3O3S/c1-17-15(21)14-11-4-2-3-5-12(11)23-16(14)18-13(20)10-19-6-8-22-9-7-19/h2-10H2,1H3,(H,17,21)(H,18,20). The van der Waals surface area contributed by atoms with Gasteiger partial charge in [0.15, 0.2) is 0 Å². The van der Waals surface area contributed by atoms with E-state index in [1.807, 2.05) is 0 Å². The second-order valence-corrected chi connectivity index (χ2v) is 7.04. The summed E-state index contributed by atoms with van der Waals surface area (Å²) in [4.78, 5) is 27.9. The van der Waals surface area contributed by atoms with E-state index in [4.69, 9.17) is 4.74 Å². The van der Waals surface area contributed by atoms with Crippen LogP contribution in [0.5, 0.6) is 0 Å². The van der Waals surface area contributed by atoms with Gasteiger partial charge in [-0.15, -0.1) is 11.3 Å². The number of nitrogens with one attached hydrogen (secondary N) is 2. The summed E-state index contributed by atoms with van der Waals surface area (Å²) in [5.74, 6) is -0.165. The van der Waals surface area contributed by atoms with E-state index in [1.165, 1.54) is 4.88 Å². The molecule has 7 heteroatoms. The molecule has 2 aliphatic rings. The Labute approximate surface area is 140 Å². The van der Waals surface area contributed by atoms with E-state index in [-0.39, 0.29) is 11.8 Å². The monoisotopic (exact) mass is 337 g/mol. The molecule has 0 spiro atoms. The Hall–Kier alpha value is -1.44. The molecule has 2 N–H and O–H groups in total. The number of nitrogens with zero attached hydrogens (tertiary/aromatic N) is 1. The Bertz CT molecular complexity index is 594. The Morgan fingerprint density at radius 3 is 2.70 bits per heavy atom. The third-order valence-corrected chi connectivity index (χ3v) is 5.56. The summed E-state index contributed by atoms with van der Waals surface area (Å²) in [6.45, 7) is 3.24.